The topological polar surface area (TPSA) is 50.2 Å². The molecule has 1 saturated carbocycles. The number of nitrogens with one attached hydrogen (secondary N) is 1. The van der Waals surface area contributed by atoms with E-state index in [0.717, 1.165) is 43.3 Å². The molecule has 2 fully saturated rings. The summed E-state index contributed by atoms with van der Waals surface area (Å²) in [7, 11) is 0. The molecule has 1 atom stereocenters. The van der Waals surface area contributed by atoms with E-state index in [9.17, 15) is 13.6 Å². The Balaban J connectivity index is 1.42. The van der Waals surface area contributed by atoms with Gasteiger partial charge < -0.3 is 14.8 Å². The Kier molecular flexibility index (Phi) is 4.61. The average molecular weight is 360 g/mol. The van der Waals surface area contributed by atoms with E-state index in [0.29, 0.717) is 13.1 Å². The molecule has 0 bridgehead atoms. The molecule has 2 amide bonds. The Hall–Kier alpha value is -2.44. The fourth-order valence-electron chi connectivity index (χ4n) is 3.56. The second-order valence-corrected chi connectivity index (χ2v) is 7.23. The minimum atomic E-state index is -0.971. The zero-order valence-electron chi connectivity index (χ0n) is 14.5. The van der Waals surface area contributed by atoms with Crippen molar-refractivity contribution < 1.29 is 13.6 Å². The van der Waals surface area contributed by atoms with Crippen LogP contribution in [0.3, 0.4) is 0 Å². The number of hydrogen-bond acceptors (Lipinski definition) is 2. The summed E-state index contributed by atoms with van der Waals surface area (Å²) in [5.74, 6) is 0.111. The zero-order valence-corrected chi connectivity index (χ0v) is 14.5. The van der Waals surface area contributed by atoms with Crippen molar-refractivity contribution in [2.45, 2.75) is 38.1 Å². The van der Waals surface area contributed by atoms with Gasteiger partial charge in [-0.3, -0.25) is 0 Å². The quantitative estimate of drug-likeness (QED) is 0.896. The number of anilines is 1. The van der Waals surface area contributed by atoms with Crippen LogP contribution in [0.4, 0.5) is 19.3 Å². The summed E-state index contributed by atoms with van der Waals surface area (Å²) in [6.07, 6.45) is 8.31. The lowest BCUT2D eigenvalue weighted by molar-refractivity contribution is 0.190. The van der Waals surface area contributed by atoms with Gasteiger partial charge in [-0.25, -0.2) is 18.6 Å². The number of benzene rings is 1. The maximum Gasteiger partial charge on any atom is 0.321 e. The van der Waals surface area contributed by atoms with Crippen LogP contribution in [0.5, 0.6) is 0 Å². The molecule has 1 saturated heterocycles. The molecule has 2 aliphatic rings. The van der Waals surface area contributed by atoms with Crippen LogP contribution in [0.2, 0.25) is 0 Å². The van der Waals surface area contributed by atoms with Crippen molar-refractivity contribution in [3.63, 3.8) is 0 Å². The molecule has 138 valence electrons. The van der Waals surface area contributed by atoms with Crippen molar-refractivity contribution in [3.05, 3.63) is 48.1 Å². The summed E-state index contributed by atoms with van der Waals surface area (Å²) in [4.78, 5) is 18.8. The predicted molar refractivity (Wildman–Crippen MR) is 93.9 cm³/mol. The Bertz CT molecular complexity index is 803. The molecule has 1 N–H and O–H groups in total. The highest BCUT2D eigenvalue weighted by molar-refractivity contribution is 5.89. The minimum Gasteiger partial charge on any atom is -0.334 e. The molecule has 1 unspecified atom stereocenters. The first-order valence-electron chi connectivity index (χ1n) is 9.12. The normalized spacial score (nSPS) is 20.2. The van der Waals surface area contributed by atoms with Gasteiger partial charge in [0.1, 0.15) is 5.82 Å². The van der Waals surface area contributed by atoms with E-state index in [-0.39, 0.29) is 17.6 Å². The number of hydrogen-bond donors (Lipinski definition) is 1. The summed E-state index contributed by atoms with van der Waals surface area (Å²) < 4.78 is 28.6. The molecule has 1 aliphatic heterocycles. The highest BCUT2D eigenvalue weighted by atomic mass is 19.2. The molecule has 4 rings (SSSR count). The Labute approximate surface area is 151 Å². The number of carbonyl (C=O) groups excluding carboxylic acids is 1. The van der Waals surface area contributed by atoms with E-state index >= 15 is 0 Å². The molecule has 1 aromatic heterocycles. The van der Waals surface area contributed by atoms with Crippen molar-refractivity contribution in [1.82, 2.24) is 14.5 Å². The molecule has 7 heteroatoms. The Morgan fingerprint density at radius 2 is 2.08 bits per heavy atom. The molecule has 1 aliphatic carbocycles. The number of rotatable bonds is 4. The van der Waals surface area contributed by atoms with Crippen molar-refractivity contribution in [1.29, 1.82) is 0 Å². The van der Waals surface area contributed by atoms with Crippen molar-refractivity contribution in [2.24, 2.45) is 5.92 Å². The summed E-state index contributed by atoms with van der Waals surface area (Å²) in [5.41, 5.74) is 0.256. The van der Waals surface area contributed by atoms with Crippen molar-refractivity contribution in [2.75, 3.05) is 18.4 Å². The SMILES string of the molecule is O=C(Nc1ccc(F)c(F)c1)N1CCCC(c2nccn2CC2CC2)C1. The first-order chi connectivity index (χ1) is 12.6. The van der Waals surface area contributed by atoms with Gasteiger partial charge in [0, 0.05) is 49.7 Å². The van der Waals surface area contributed by atoms with Gasteiger partial charge >= 0.3 is 6.03 Å². The van der Waals surface area contributed by atoms with Gasteiger partial charge in [-0.05, 0) is 43.7 Å². The molecule has 0 spiro atoms. The summed E-state index contributed by atoms with van der Waals surface area (Å²) in [5, 5.41) is 2.66. The zero-order chi connectivity index (χ0) is 18.1. The van der Waals surface area contributed by atoms with Crippen LogP contribution in [0, 0.1) is 17.6 Å². The van der Waals surface area contributed by atoms with Crippen LogP contribution >= 0.6 is 0 Å². The summed E-state index contributed by atoms with van der Waals surface area (Å²) >= 11 is 0. The van der Waals surface area contributed by atoms with E-state index in [4.69, 9.17) is 0 Å². The molecule has 5 nitrogen and oxygen atoms in total. The number of carbonyl (C=O) groups is 1. The molecule has 26 heavy (non-hydrogen) atoms. The van der Waals surface area contributed by atoms with Gasteiger partial charge in [0.15, 0.2) is 11.6 Å². The van der Waals surface area contributed by atoms with Gasteiger partial charge in [0.2, 0.25) is 0 Å². The Morgan fingerprint density at radius 3 is 2.85 bits per heavy atom. The molecular weight excluding hydrogens is 338 g/mol. The second kappa shape index (κ2) is 7.05. The highest BCUT2D eigenvalue weighted by Gasteiger charge is 2.29. The van der Waals surface area contributed by atoms with Crippen molar-refractivity contribution in [3.8, 4) is 0 Å². The largest absolute Gasteiger partial charge is 0.334 e. The first kappa shape index (κ1) is 17.0. The highest BCUT2D eigenvalue weighted by Crippen LogP contribution is 2.33. The predicted octanol–water partition coefficient (Wildman–Crippen LogP) is 3.98. The molecule has 2 heterocycles. The minimum absolute atomic E-state index is 0.202. The number of imidazole rings is 1. The van der Waals surface area contributed by atoms with Crippen LogP contribution in [0.15, 0.2) is 30.6 Å². The average Bonchev–Trinajstić information content (AvgIpc) is 3.33. The van der Waals surface area contributed by atoms with Crippen LogP contribution in [0.1, 0.15) is 37.4 Å². The van der Waals surface area contributed by atoms with Crippen LogP contribution < -0.4 is 5.32 Å². The van der Waals surface area contributed by atoms with Crippen LogP contribution in [0.25, 0.3) is 0 Å². The molecular formula is C19H22F2N4O. The van der Waals surface area contributed by atoms with Gasteiger partial charge in [0.05, 0.1) is 0 Å². The second-order valence-electron chi connectivity index (χ2n) is 7.23. The number of aromatic nitrogens is 2. The van der Waals surface area contributed by atoms with Crippen LogP contribution in [-0.2, 0) is 6.54 Å². The van der Waals surface area contributed by atoms with Crippen LogP contribution in [-0.4, -0.2) is 33.6 Å². The fraction of sp³-hybridized carbons (Fsp3) is 0.474. The van der Waals surface area contributed by atoms with Gasteiger partial charge in [-0.15, -0.1) is 0 Å². The lowest BCUT2D eigenvalue weighted by Crippen LogP contribution is -2.42. The van der Waals surface area contributed by atoms with Gasteiger partial charge in [-0.1, -0.05) is 0 Å². The number of amides is 2. The van der Waals surface area contributed by atoms with E-state index < -0.39 is 11.6 Å². The standard InChI is InChI=1S/C19H22F2N4O/c20-16-6-5-15(10-17(16)21)23-19(26)25-8-1-2-14(12-25)18-22-7-9-24(18)11-13-3-4-13/h5-7,9-10,13-14H,1-4,8,11-12H2,(H,23,26). The number of halogens is 2. The third kappa shape index (κ3) is 3.71. The smallest absolute Gasteiger partial charge is 0.321 e. The maximum atomic E-state index is 13.3. The monoisotopic (exact) mass is 360 g/mol. The summed E-state index contributed by atoms with van der Waals surface area (Å²) in [6, 6.07) is 3.08. The molecule has 1 aromatic carbocycles. The Morgan fingerprint density at radius 1 is 1.23 bits per heavy atom. The number of likely N-dealkylation sites (tertiary alicyclic amines) is 1. The molecule has 2 aromatic rings. The van der Waals surface area contributed by atoms with E-state index in [1.165, 1.54) is 18.9 Å². The number of nitrogens with zero attached hydrogens (tertiary/aromatic N) is 3. The third-order valence-corrected chi connectivity index (χ3v) is 5.14. The van der Waals surface area contributed by atoms with Gasteiger partial charge in [-0.2, -0.15) is 0 Å². The number of piperidine rings is 1. The first-order valence-corrected chi connectivity index (χ1v) is 9.12. The molecule has 0 radical (unpaired) electrons. The lowest BCUT2D eigenvalue weighted by Gasteiger charge is -2.32. The lowest BCUT2D eigenvalue weighted by atomic mass is 9.97. The number of urea groups is 1. The fourth-order valence-corrected chi connectivity index (χ4v) is 3.56. The van der Waals surface area contributed by atoms with E-state index in [1.54, 1.807) is 4.90 Å². The van der Waals surface area contributed by atoms with Crippen molar-refractivity contribution >= 4 is 11.7 Å². The van der Waals surface area contributed by atoms with Gasteiger partial charge in [0.25, 0.3) is 0 Å². The third-order valence-electron chi connectivity index (χ3n) is 5.14. The maximum absolute atomic E-state index is 13.3. The summed E-state index contributed by atoms with van der Waals surface area (Å²) in [6.45, 7) is 2.24. The van der Waals surface area contributed by atoms with E-state index in [2.05, 4.69) is 14.9 Å². The van der Waals surface area contributed by atoms with E-state index in [1.807, 2.05) is 12.4 Å².